The summed E-state index contributed by atoms with van der Waals surface area (Å²) in [7, 11) is 0. The summed E-state index contributed by atoms with van der Waals surface area (Å²) < 4.78 is 0.806. The van der Waals surface area contributed by atoms with Crippen LogP contribution in [0.3, 0.4) is 0 Å². The molecule has 2 rings (SSSR count). The second kappa shape index (κ2) is 5.18. The minimum atomic E-state index is -0.00258. The average Bonchev–Trinajstić information content (AvgIpc) is 2.90. The Kier molecular flexibility index (Phi) is 3.86. The van der Waals surface area contributed by atoms with E-state index < -0.39 is 0 Å². The molecule has 0 radical (unpaired) electrons. The topological polar surface area (TPSA) is 27.0 Å². The third kappa shape index (κ3) is 2.40. The van der Waals surface area contributed by atoms with E-state index in [2.05, 4.69) is 17.9 Å². The van der Waals surface area contributed by atoms with Gasteiger partial charge < -0.3 is 0 Å². The molecule has 2 atom stereocenters. The summed E-state index contributed by atoms with van der Waals surface area (Å²) in [5, 5.41) is 9.30. The van der Waals surface area contributed by atoms with Crippen LogP contribution in [0.4, 0.5) is 0 Å². The fourth-order valence-corrected chi connectivity index (χ4v) is 3.40. The summed E-state index contributed by atoms with van der Waals surface area (Å²) in [6.07, 6.45) is 2.44. The quantitative estimate of drug-likeness (QED) is 0.826. The highest BCUT2D eigenvalue weighted by Crippen LogP contribution is 2.32. The molecule has 1 aromatic rings. The van der Waals surface area contributed by atoms with E-state index in [1.54, 1.807) is 11.3 Å². The first-order valence-electron chi connectivity index (χ1n) is 5.61. The predicted molar refractivity (Wildman–Crippen MR) is 68.0 cm³/mol. The van der Waals surface area contributed by atoms with E-state index in [4.69, 9.17) is 11.6 Å². The molecule has 4 heteroatoms. The van der Waals surface area contributed by atoms with Crippen molar-refractivity contribution in [1.29, 1.82) is 5.26 Å². The SMILES string of the molecule is CC(c1ccc(Cl)s1)C(C#N)N1CCCC1. The van der Waals surface area contributed by atoms with Crippen LogP contribution in [0.5, 0.6) is 0 Å². The molecule has 0 aliphatic carbocycles. The first-order valence-corrected chi connectivity index (χ1v) is 6.80. The lowest BCUT2D eigenvalue weighted by Crippen LogP contribution is -2.35. The maximum Gasteiger partial charge on any atom is 0.105 e. The number of nitriles is 1. The van der Waals surface area contributed by atoms with Crippen LogP contribution < -0.4 is 0 Å². The van der Waals surface area contributed by atoms with Gasteiger partial charge in [-0.1, -0.05) is 18.5 Å². The summed E-state index contributed by atoms with van der Waals surface area (Å²) in [6.45, 7) is 4.23. The van der Waals surface area contributed by atoms with Crippen molar-refractivity contribution in [2.24, 2.45) is 0 Å². The highest BCUT2D eigenvalue weighted by Gasteiger charge is 2.28. The summed E-state index contributed by atoms with van der Waals surface area (Å²) in [6, 6.07) is 6.39. The van der Waals surface area contributed by atoms with Gasteiger partial charge in [0.05, 0.1) is 10.4 Å². The Morgan fingerprint density at radius 3 is 2.62 bits per heavy atom. The van der Waals surface area contributed by atoms with Gasteiger partial charge in [0.2, 0.25) is 0 Å². The Morgan fingerprint density at radius 1 is 1.44 bits per heavy atom. The van der Waals surface area contributed by atoms with Gasteiger partial charge in [-0.25, -0.2) is 0 Å². The van der Waals surface area contributed by atoms with Crippen molar-refractivity contribution in [2.45, 2.75) is 31.7 Å². The average molecular weight is 255 g/mol. The van der Waals surface area contributed by atoms with Crippen LogP contribution in [0, 0.1) is 11.3 Å². The number of rotatable bonds is 3. The highest BCUT2D eigenvalue weighted by molar-refractivity contribution is 7.16. The predicted octanol–water partition coefficient (Wildman–Crippen LogP) is 3.49. The molecule has 0 bridgehead atoms. The zero-order chi connectivity index (χ0) is 11.5. The van der Waals surface area contributed by atoms with E-state index in [0.717, 1.165) is 17.4 Å². The third-order valence-corrected chi connectivity index (χ3v) is 4.61. The minimum absolute atomic E-state index is 0.00258. The molecule has 0 aromatic carbocycles. The van der Waals surface area contributed by atoms with Crippen molar-refractivity contribution >= 4 is 22.9 Å². The first kappa shape index (κ1) is 11.9. The van der Waals surface area contributed by atoms with Gasteiger partial charge in [-0.05, 0) is 38.1 Å². The molecule has 0 saturated carbocycles. The van der Waals surface area contributed by atoms with Crippen LogP contribution in [-0.2, 0) is 0 Å². The molecule has 1 aliphatic rings. The molecule has 1 fully saturated rings. The Bertz CT molecular complexity index is 390. The zero-order valence-electron chi connectivity index (χ0n) is 9.32. The molecule has 0 amide bonds. The molecule has 86 valence electrons. The lowest BCUT2D eigenvalue weighted by Gasteiger charge is -2.26. The Hall–Kier alpha value is -0.560. The zero-order valence-corrected chi connectivity index (χ0v) is 10.9. The Morgan fingerprint density at radius 2 is 2.12 bits per heavy atom. The number of likely N-dealkylation sites (tertiary alicyclic amines) is 1. The van der Waals surface area contributed by atoms with Gasteiger partial charge in [0, 0.05) is 10.8 Å². The lowest BCUT2D eigenvalue weighted by molar-refractivity contribution is 0.265. The molecule has 1 saturated heterocycles. The van der Waals surface area contributed by atoms with E-state index >= 15 is 0 Å². The number of thiophene rings is 1. The van der Waals surface area contributed by atoms with Gasteiger partial charge in [-0.15, -0.1) is 11.3 Å². The van der Waals surface area contributed by atoms with Crippen molar-refractivity contribution in [1.82, 2.24) is 4.90 Å². The number of hydrogen-bond acceptors (Lipinski definition) is 3. The molecule has 1 aromatic heterocycles. The van der Waals surface area contributed by atoms with Gasteiger partial charge in [-0.3, -0.25) is 4.90 Å². The van der Waals surface area contributed by atoms with Gasteiger partial charge in [0.15, 0.2) is 0 Å². The maximum atomic E-state index is 9.30. The normalized spacial score (nSPS) is 20.6. The second-order valence-corrected chi connectivity index (χ2v) is 5.99. The molecule has 2 heterocycles. The van der Waals surface area contributed by atoms with Gasteiger partial charge >= 0.3 is 0 Å². The van der Waals surface area contributed by atoms with Crippen molar-refractivity contribution in [3.8, 4) is 6.07 Å². The van der Waals surface area contributed by atoms with Crippen LogP contribution in [0.25, 0.3) is 0 Å². The third-order valence-electron chi connectivity index (χ3n) is 3.18. The summed E-state index contributed by atoms with van der Waals surface area (Å²) in [5.74, 6) is 0.251. The number of nitrogens with zero attached hydrogens (tertiary/aromatic N) is 2. The van der Waals surface area contributed by atoms with Crippen LogP contribution in [-0.4, -0.2) is 24.0 Å². The summed E-state index contributed by atoms with van der Waals surface area (Å²) in [4.78, 5) is 3.50. The Balaban J connectivity index is 2.12. The number of halogens is 1. The lowest BCUT2D eigenvalue weighted by atomic mass is 10.0. The van der Waals surface area contributed by atoms with E-state index in [1.807, 2.05) is 12.1 Å². The van der Waals surface area contributed by atoms with Crippen molar-refractivity contribution in [3.05, 3.63) is 21.3 Å². The summed E-state index contributed by atoms with van der Waals surface area (Å²) in [5.41, 5.74) is 0. The van der Waals surface area contributed by atoms with E-state index in [-0.39, 0.29) is 12.0 Å². The van der Waals surface area contributed by atoms with Crippen molar-refractivity contribution in [2.75, 3.05) is 13.1 Å². The second-order valence-electron chi connectivity index (χ2n) is 4.25. The molecule has 2 nitrogen and oxygen atoms in total. The standard InChI is InChI=1S/C12H15ClN2S/c1-9(11-4-5-12(13)16-11)10(8-14)15-6-2-3-7-15/h4-5,9-10H,2-3,6-7H2,1H3. The number of hydrogen-bond donors (Lipinski definition) is 0. The molecular weight excluding hydrogens is 240 g/mol. The van der Waals surface area contributed by atoms with Crippen molar-refractivity contribution in [3.63, 3.8) is 0 Å². The molecule has 1 aliphatic heterocycles. The molecule has 0 spiro atoms. The van der Waals surface area contributed by atoms with Crippen LogP contribution in [0.1, 0.15) is 30.6 Å². The monoisotopic (exact) mass is 254 g/mol. The van der Waals surface area contributed by atoms with Crippen molar-refractivity contribution < 1.29 is 0 Å². The van der Waals surface area contributed by atoms with Gasteiger partial charge in [-0.2, -0.15) is 5.26 Å². The molecule has 0 N–H and O–H groups in total. The Labute approximate surface area is 105 Å². The summed E-state index contributed by atoms with van der Waals surface area (Å²) >= 11 is 7.52. The first-order chi connectivity index (χ1) is 7.72. The smallest absolute Gasteiger partial charge is 0.105 e. The van der Waals surface area contributed by atoms with E-state index in [1.165, 1.54) is 17.7 Å². The van der Waals surface area contributed by atoms with Gasteiger partial charge in [0.1, 0.15) is 6.04 Å². The van der Waals surface area contributed by atoms with E-state index in [0.29, 0.717) is 0 Å². The highest BCUT2D eigenvalue weighted by atomic mass is 35.5. The van der Waals surface area contributed by atoms with Crippen LogP contribution in [0.2, 0.25) is 4.34 Å². The maximum absolute atomic E-state index is 9.30. The van der Waals surface area contributed by atoms with Crippen LogP contribution >= 0.6 is 22.9 Å². The minimum Gasteiger partial charge on any atom is -0.288 e. The fourth-order valence-electron chi connectivity index (χ4n) is 2.26. The molecular formula is C12H15ClN2S. The molecule has 2 unspecified atom stereocenters. The van der Waals surface area contributed by atoms with Crippen LogP contribution in [0.15, 0.2) is 12.1 Å². The molecule has 16 heavy (non-hydrogen) atoms. The van der Waals surface area contributed by atoms with E-state index in [9.17, 15) is 5.26 Å². The largest absolute Gasteiger partial charge is 0.288 e. The van der Waals surface area contributed by atoms with Gasteiger partial charge in [0.25, 0.3) is 0 Å². The fraction of sp³-hybridized carbons (Fsp3) is 0.583.